The summed E-state index contributed by atoms with van der Waals surface area (Å²) in [6, 6.07) is 7.70. The van der Waals surface area contributed by atoms with E-state index >= 15 is 0 Å². The van der Waals surface area contributed by atoms with Gasteiger partial charge in [0.15, 0.2) is 6.04 Å². The predicted molar refractivity (Wildman–Crippen MR) is 72.7 cm³/mol. The second-order valence-electron chi connectivity index (χ2n) is 4.41. The van der Waals surface area contributed by atoms with Gasteiger partial charge >= 0.3 is 5.97 Å². The predicted octanol–water partition coefficient (Wildman–Crippen LogP) is 1.32. The van der Waals surface area contributed by atoms with Gasteiger partial charge in [0.1, 0.15) is 0 Å². The minimum atomic E-state index is -1.06. The van der Waals surface area contributed by atoms with E-state index in [4.69, 9.17) is 0 Å². The van der Waals surface area contributed by atoms with Gasteiger partial charge in [-0.1, -0.05) is 37.3 Å². The Bertz CT molecular complexity index is 420. The fourth-order valence-corrected chi connectivity index (χ4v) is 1.85. The smallest absolute Gasteiger partial charge is 0.330 e. The van der Waals surface area contributed by atoms with Crippen molar-refractivity contribution in [3.63, 3.8) is 0 Å². The lowest BCUT2D eigenvalue weighted by Crippen LogP contribution is -2.38. The summed E-state index contributed by atoms with van der Waals surface area (Å²) in [5.74, 6) is -1.33. The molecule has 104 valence electrons. The molecule has 5 nitrogen and oxygen atoms in total. The Balaban J connectivity index is 2.65. The van der Waals surface area contributed by atoms with Crippen molar-refractivity contribution < 1.29 is 14.7 Å². The minimum Gasteiger partial charge on any atom is -0.479 e. The zero-order valence-corrected chi connectivity index (χ0v) is 11.2. The quantitative estimate of drug-likeness (QED) is 0.694. The third kappa shape index (κ3) is 5.09. The molecule has 1 rings (SSSR count). The lowest BCUT2D eigenvalue weighted by Gasteiger charge is -2.17. The number of amides is 1. The summed E-state index contributed by atoms with van der Waals surface area (Å²) in [6.45, 7) is 4.62. The van der Waals surface area contributed by atoms with E-state index in [1.54, 1.807) is 30.3 Å². The van der Waals surface area contributed by atoms with E-state index in [0.29, 0.717) is 5.56 Å². The van der Waals surface area contributed by atoms with Crippen LogP contribution in [0.2, 0.25) is 0 Å². The molecule has 0 radical (unpaired) electrons. The summed E-state index contributed by atoms with van der Waals surface area (Å²) in [7, 11) is 0. The molecule has 0 fully saturated rings. The van der Waals surface area contributed by atoms with E-state index < -0.39 is 12.0 Å². The molecule has 0 saturated heterocycles. The molecule has 1 aromatic carbocycles. The first kappa shape index (κ1) is 15.2. The third-order valence-electron chi connectivity index (χ3n) is 2.73. The molecule has 0 aliphatic rings. The first-order chi connectivity index (χ1) is 9.04. The maximum Gasteiger partial charge on any atom is 0.330 e. The number of aliphatic carboxylic acids is 1. The maximum absolute atomic E-state index is 11.8. The average Bonchev–Trinajstić information content (AvgIpc) is 2.37. The number of nitrogens with one attached hydrogen (secondary N) is 2. The molecule has 1 amide bonds. The highest BCUT2D eigenvalue weighted by molar-refractivity contribution is 5.84. The van der Waals surface area contributed by atoms with Gasteiger partial charge in [0.2, 0.25) is 5.91 Å². The van der Waals surface area contributed by atoms with Crippen LogP contribution in [0.5, 0.6) is 0 Å². The second-order valence-corrected chi connectivity index (χ2v) is 4.41. The van der Waals surface area contributed by atoms with Crippen molar-refractivity contribution >= 4 is 11.9 Å². The Hall–Kier alpha value is -1.88. The van der Waals surface area contributed by atoms with Crippen LogP contribution in [0.4, 0.5) is 0 Å². The van der Waals surface area contributed by atoms with Crippen LogP contribution in [0, 0.1) is 0 Å². The molecule has 0 spiro atoms. The van der Waals surface area contributed by atoms with Gasteiger partial charge < -0.3 is 15.7 Å². The van der Waals surface area contributed by atoms with Crippen molar-refractivity contribution in [3.05, 3.63) is 35.9 Å². The number of carbonyl (C=O) groups excluding carboxylic acids is 1. The Kier molecular flexibility index (Phi) is 6.02. The fourth-order valence-electron chi connectivity index (χ4n) is 1.85. The van der Waals surface area contributed by atoms with Crippen LogP contribution in [-0.2, 0) is 9.59 Å². The van der Waals surface area contributed by atoms with E-state index in [0.717, 1.165) is 6.54 Å². The summed E-state index contributed by atoms with van der Waals surface area (Å²) in [6.07, 6.45) is 0.254. The summed E-state index contributed by atoms with van der Waals surface area (Å²) in [5, 5.41) is 14.8. The molecule has 19 heavy (non-hydrogen) atoms. The highest BCUT2D eigenvalue weighted by Crippen LogP contribution is 2.12. The molecule has 5 heteroatoms. The third-order valence-corrected chi connectivity index (χ3v) is 2.73. The molecule has 1 aromatic rings. The summed E-state index contributed by atoms with van der Waals surface area (Å²) in [4.78, 5) is 23.0. The first-order valence-corrected chi connectivity index (χ1v) is 6.35. The number of carboxylic acid groups (broad SMARTS) is 1. The zero-order chi connectivity index (χ0) is 14.3. The summed E-state index contributed by atoms with van der Waals surface area (Å²) < 4.78 is 0. The molecule has 1 unspecified atom stereocenters. The van der Waals surface area contributed by atoms with Crippen LogP contribution >= 0.6 is 0 Å². The van der Waals surface area contributed by atoms with Gasteiger partial charge in [0.25, 0.3) is 0 Å². The van der Waals surface area contributed by atoms with Gasteiger partial charge in [0, 0.05) is 12.5 Å². The van der Waals surface area contributed by atoms with Crippen molar-refractivity contribution in [3.8, 4) is 0 Å². The van der Waals surface area contributed by atoms with Crippen molar-refractivity contribution in [1.29, 1.82) is 0 Å². The van der Waals surface area contributed by atoms with Crippen molar-refractivity contribution in [2.45, 2.75) is 32.4 Å². The molecule has 0 saturated carbocycles. The molecule has 0 heterocycles. The zero-order valence-electron chi connectivity index (χ0n) is 11.2. The van der Waals surface area contributed by atoms with Crippen molar-refractivity contribution in [2.75, 3.05) is 6.54 Å². The molecule has 0 aliphatic heterocycles. The van der Waals surface area contributed by atoms with E-state index in [1.807, 2.05) is 13.8 Å². The largest absolute Gasteiger partial charge is 0.479 e. The van der Waals surface area contributed by atoms with Gasteiger partial charge in [-0.25, -0.2) is 4.79 Å². The van der Waals surface area contributed by atoms with Crippen LogP contribution in [0.3, 0.4) is 0 Å². The number of hydrogen-bond donors (Lipinski definition) is 3. The minimum absolute atomic E-state index is 0.0234. The van der Waals surface area contributed by atoms with Crippen LogP contribution in [0.15, 0.2) is 30.3 Å². The van der Waals surface area contributed by atoms with Crippen LogP contribution in [0.1, 0.15) is 31.9 Å². The van der Waals surface area contributed by atoms with Gasteiger partial charge in [-0.2, -0.15) is 0 Å². The highest BCUT2D eigenvalue weighted by Gasteiger charge is 2.22. The number of rotatable bonds is 7. The van der Waals surface area contributed by atoms with Crippen molar-refractivity contribution in [2.24, 2.45) is 0 Å². The van der Waals surface area contributed by atoms with Crippen LogP contribution < -0.4 is 10.6 Å². The number of benzene rings is 1. The Labute approximate surface area is 113 Å². The fraction of sp³-hybridized carbons (Fsp3) is 0.429. The van der Waals surface area contributed by atoms with Gasteiger partial charge in [-0.05, 0) is 19.0 Å². The molecule has 0 aliphatic carbocycles. The normalized spacial score (nSPS) is 13.6. The summed E-state index contributed by atoms with van der Waals surface area (Å²) in [5.41, 5.74) is 0.569. The van der Waals surface area contributed by atoms with E-state index in [2.05, 4.69) is 10.6 Å². The molecule has 2 atom stereocenters. The molecular weight excluding hydrogens is 244 g/mol. The Morgan fingerprint density at radius 2 is 1.89 bits per heavy atom. The standard InChI is InChI=1S/C14H20N2O3/c1-3-15-10(2)9-12(17)16-13(14(18)19)11-7-5-4-6-8-11/h4-8,10,13,15H,3,9H2,1-2H3,(H,16,17)(H,18,19)/t10?,13-/m0/s1. The van der Waals surface area contributed by atoms with Crippen LogP contribution in [0.25, 0.3) is 0 Å². The SMILES string of the molecule is CCNC(C)CC(=O)N[C@H](C(=O)O)c1ccccc1. The molecule has 0 aromatic heterocycles. The molecule has 3 N–H and O–H groups in total. The Morgan fingerprint density at radius 1 is 1.26 bits per heavy atom. The monoisotopic (exact) mass is 264 g/mol. The Morgan fingerprint density at radius 3 is 2.42 bits per heavy atom. The van der Waals surface area contributed by atoms with Crippen molar-refractivity contribution in [1.82, 2.24) is 10.6 Å². The van der Waals surface area contributed by atoms with Crippen LogP contribution in [-0.4, -0.2) is 29.6 Å². The topological polar surface area (TPSA) is 78.4 Å². The molecule has 0 bridgehead atoms. The van der Waals surface area contributed by atoms with E-state index in [-0.39, 0.29) is 18.4 Å². The van der Waals surface area contributed by atoms with Gasteiger partial charge in [-0.3, -0.25) is 4.79 Å². The first-order valence-electron chi connectivity index (χ1n) is 6.35. The lowest BCUT2D eigenvalue weighted by molar-refractivity contribution is -0.142. The lowest BCUT2D eigenvalue weighted by atomic mass is 10.1. The number of hydrogen-bond acceptors (Lipinski definition) is 3. The average molecular weight is 264 g/mol. The van der Waals surface area contributed by atoms with Gasteiger partial charge in [0.05, 0.1) is 0 Å². The molecular formula is C14H20N2O3. The van der Waals surface area contributed by atoms with Gasteiger partial charge in [-0.15, -0.1) is 0 Å². The second kappa shape index (κ2) is 7.53. The van der Waals surface area contributed by atoms with E-state index in [1.165, 1.54) is 0 Å². The number of carboxylic acids is 1. The van der Waals surface area contributed by atoms with E-state index in [9.17, 15) is 14.7 Å². The number of carbonyl (C=O) groups is 2. The maximum atomic E-state index is 11.8. The summed E-state index contributed by atoms with van der Waals surface area (Å²) >= 11 is 0. The highest BCUT2D eigenvalue weighted by atomic mass is 16.4.